The number of unbranched alkanes of at least 4 members (excludes halogenated alkanes) is 2. The fourth-order valence-corrected chi connectivity index (χ4v) is 2.86. The first-order valence-corrected chi connectivity index (χ1v) is 8.48. The molecule has 1 fully saturated rings. The second-order valence-corrected chi connectivity index (χ2v) is 7.21. The Bertz CT molecular complexity index is 283. The van der Waals surface area contributed by atoms with E-state index in [0.717, 1.165) is 19.4 Å². The Morgan fingerprint density at radius 1 is 1.25 bits per heavy atom. The monoisotopic (exact) mass is 282 g/mol. The highest BCUT2D eigenvalue weighted by Gasteiger charge is 2.23. The summed E-state index contributed by atoms with van der Waals surface area (Å²) < 4.78 is 0. The van der Waals surface area contributed by atoms with E-state index in [-0.39, 0.29) is 17.4 Å². The number of carbonyl (C=O) groups excluding carboxylic acids is 1. The lowest BCUT2D eigenvalue weighted by Crippen LogP contribution is -2.47. The van der Waals surface area contributed by atoms with E-state index >= 15 is 0 Å². The van der Waals surface area contributed by atoms with Crippen molar-refractivity contribution in [3.63, 3.8) is 0 Å². The summed E-state index contributed by atoms with van der Waals surface area (Å²) in [6.45, 7) is 9.71. The van der Waals surface area contributed by atoms with Crippen molar-refractivity contribution in [1.29, 1.82) is 0 Å². The average molecular weight is 282 g/mol. The molecule has 0 heterocycles. The first-order valence-electron chi connectivity index (χ1n) is 8.48. The molecule has 0 aromatic carbocycles. The zero-order valence-corrected chi connectivity index (χ0v) is 13.9. The van der Waals surface area contributed by atoms with Crippen LogP contribution in [0.25, 0.3) is 0 Å². The number of rotatable bonds is 9. The minimum atomic E-state index is -0.0824. The van der Waals surface area contributed by atoms with Crippen molar-refractivity contribution in [2.24, 2.45) is 5.41 Å². The third kappa shape index (κ3) is 6.74. The predicted octanol–water partition coefficient (Wildman–Crippen LogP) is 3.63. The normalized spacial score (nSPS) is 18.2. The van der Waals surface area contributed by atoms with Crippen LogP contribution in [0.2, 0.25) is 0 Å². The maximum Gasteiger partial charge on any atom is 0.237 e. The SMILES string of the molecule is CCCCCC(C)(C)CNC(C)C(=O)NC1CCCC1. The maximum atomic E-state index is 12.1. The van der Waals surface area contributed by atoms with Crippen LogP contribution in [0.5, 0.6) is 0 Å². The van der Waals surface area contributed by atoms with Crippen LogP contribution >= 0.6 is 0 Å². The highest BCUT2D eigenvalue weighted by molar-refractivity contribution is 5.81. The molecule has 0 bridgehead atoms. The Balaban J connectivity index is 2.22. The van der Waals surface area contributed by atoms with Crippen LogP contribution in [-0.4, -0.2) is 24.5 Å². The maximum absolute atomic E-state index is 12.1. The fraction of sp³-hybridized carbons (Fsp3) is 0.941. The Morgan fingerprint density at radius 2 is 1.90 bits per heavy atom. The second-order valence-electron chi connectivity index (χ2n) is 7.21. The zero-order valence-electron chi connectivity index (χ0n) is 13.9. The summed E-state index contributed by atoms with van der Waals surface area (Å²) in [5.74, 6) is 0.168. The molecule has 1 aliphatic rings. The Kier molecular flexibility index (Phi) is 7.57. The van der Waals surface area contributed by atoms with E-state index in [1.807, 2.05) is 6.92 Å². The topological polar surface area (TPSA) is 41.1 Å². The lowest BCUT2D eigenvalue weighted by molar-refractivity contribution is -0.123. The van der Waals surface area contributed by atoms with Crippen LogP contribution in [0, 0.1) is 5.41 Å². The van der Waals surface area contributed by atoms with Crippen LogP contribution in [0.4, 0.5) is 0 Å². The molecule has 1 aliphatic carbocycles. The van der Waals surface area contributed by atoms with Gasteiger partial charge in [-0.25, -0.2) is 0 Å². The first-order chi connectivity index (χ1) is 9.44. The molecule has 0 radical (unpaired) electrons. The lowest BCUT2D eigenvalue weighted by atomic mass is 9.86. The lowest BCUT2D eigenvalue weighted by Gasteiger charge is -2.27. The highest BCUT2D eigenvalue weighted by atomic mass is 16.2. The Morgan fingerprint density at radius 3 is 2.50 bits per heavy atom. The van der Waals surface area contributed by atoms with E-state index in [9.17, 15) is 4.79 Å². The molecular weight excluding hydrogens is 248 g/mol. The average Bonchev–Trinajstić information content (AvgIpc) is 2.89. The second kappa shape index (κ2) is 8.66. The van der Waals surface area contributed by atoms with E-state index in [1.54, 1.807) is 0 Å². The summed E-state index contributed by atoms with van der Waals surface area (Å²) in [7, 11) is 0. The van der Waals surface area contributed by atoms with Crippen molar-refractivity contribution in [3.8, 4) is 0 Å². The molecule has 2 N–H and O–H groups in total. The third-order valence-corrected chi connectivity index (χ3v) is 4.44. The van der Waals surface area contributed by atoms with Gasteiger partial charge in [0.15, 0.2) is 0 Å². The largest absolute Gasteiger partial charge is 0.352 e. The Labute approximate surface area is 125 Å². The van der Waals surface area contributed by atoms with Crippen molar-refractivity contribution in [1.82, 2.24) is 10.6 Å². The van der Waals surface area contributed by atoms with Gasteiger partial charge in [0.25, 0.3) is 0 Å². The van der Waals surface area contributed by atoms with E-state index in [1.165, 1.54) is 38.5 Å². The number of carbonyl (C=O) groups is 1. The molecule has 20 heavy (non-hydrogen) atoms. The van der Waals surface area contributed by atoms with Crippen LogP contribution < -0.4 is 10.6 Å². The van der Waals surface area contributed by atoms with Gasteiger partial charge in [0.1, 0.15) is 0 Å². The summed E-state index contributed by atoms with van der Waals surface area (Å²) in [4.78, 5) is 12.1. The van der Waals surface area contributed by atoms with Gasteiger partial charge in [0.2, 0.25) is 5.91 Å². The van der Waals surface area contributed by atoms with Crippen LogP contribution in [0.1, 0.15) is 79.1 Å². The van der Waals surface area contributed by atoms with Gasteiger partial charge in [-0.1, -0.05) is 52.9 Å². The minimum absolute atomic E-state index is 0.0824. The molecule has 1 amide bonds. The first kappa shape index (κ1) is 17.5. The van der Waals surface area contributed by atoms with E-state index in [0.29, 0.717) is 6.04 Å². The summed E-state index contributed by atoms with van der Waals surface area (Å²) in [5, 5.41) is 6.58. The molecule has 3 nitrogen and oxygen atoms in total. The van der Waals surface area contributed by atoms with Gasteiger partial charge >= 0.3 is 0 Å². The van der Waals surface area contributed by atoms with Gasteiger partial charge in [-0.2, -0.15) is 0 Å². The van der Waals surface area contributed by atoms with Crippen molar-refractivity contribution < 1.29 is 4.79 Å². The number of hydrogen-bond donors (Lipinski definition) is 2. The van der Waals surface area contributed by atoms with Gasteiger partial charge in [-0.05, 0) is 31.6 Å². The quantitative estimate of drug-likeness (QED) is 0.634. The molecule has 1 rings (SSSR count). The van der Waals surface area contributed by atoms with Gasteiger partial charge < -0.3 is 10.6 Å². The number of amides is 1. The van der Waals surface area contributed by atoms with E-state index in [4.69, 9.17) is 0 Å². The van der Waals surface area contributed by atoms with Gasteiger partial charge in [-0.3, -0.25) is 4.79 Å². The fourth-order valence-electron chi connectivity index (χ4n) is 2.86. The van der Waals surface area contributed by atoms with Gasteiger partial charge in [0.05, 0.1) is 6.04 Å². The van der Waals surface area contributed by atoms with Crippen molar-refractivity contribution >= 4 is 5.91 Å². The van der Waals surface area contributed by atoms with Crippen molar-refractivity contribution in [2.45, 2.75) is 91.1 Å². The van der Waals surface area contributed by atoms with Gasteiger partial charge in [-0.15, -0.1) is 0 Å². The highest BCUT2D eigenvalue weighted by Crippen LogP contribution is 2.23. The van der Waals surface area contributed by atoms with Gasteiger partial charge in [0, 0.05) is 12.6 Å². The third-order valence-electron chi connectivity index (χ3n) is 4.44. The molecule has 0 spiro atoms. The van der Waals surface area contributed by atoms with Crippen molar-refractivity contribution in [3.05, 3.63) is 0 Å². The summed E-state index contributed by atoms with van der Waals surface area (Å²) >= 11 is 0. The molecule has 1 saturated carbocycles. The summed E-state index contributed by atoms with van der Waals surface area (Å²) in [6, 6.07) is 0.338. The van der Waals surface area contributed by atoms with Crippen LogP contribution in [-0.2, 0) is 4.79 Å². The molecule has 3 heteroatoms. The molecule has 1 unspecified atom stereocenters. The molecule has 0 aromatic rings. The summed E-state index contributed by atoms with van der Waals surface area (Å²) in [6.07, 6.45) is 9.92. The molecule has 0 saturated heterocycles. The summed E-state index contributed by atoms with van der Waals surface area (Å²) in [5.41, 5.74) is 0.275. The van der Waals surface area contributed by atoms with Crippen molar-refractivity contribution in [2.75, 3.05) is 6.54 Å². The molecule has 0 aromatic heterocycles. The number of hydrogen-bond acceptors (Lipinski definition) is 2. The van der Waals surface area contributed by atoms with Crippen LogP contribution in [0.15, 0.2) is 0 Å². The molecule has 0 aliphatic heterocycles. The zero-order chi connectivity index (χ0) is 15.0. The minimum Gasteiger partial charge on any atom is -0.352 e. The number of nitrogens with one attached hydrogen (secondary N) is 2. The predicted molar refractivity (Wildman–Crippen MR) is 85.8 cm³/mol. The smallest absolute Gasteiger partial charge is 0.237 e. The van der Waals surface area contributed by atoms with Crippen LogP contribution in [0.3, 0.4) is 0 Å². The standard InChI is InChI=1S/C17H34N2O/c1-5-6-9-12-17(3,4)13-18-14(2)16(20)19-15-10-7-8-11-15/h14-15,18H,5-13H2,1-4H3,(H,19,20). The Hall–Kier alpha value is -0.570. The molecular formula is C17H34N2O. The molecule has 118 valence electrons. The van der Waals surface area contributed by atoms with E-state index < -0.39 is 0 Å². The van der Waals surface area contributed by atoms with E-state index in [2.05, 4.69) is 31.4 Å². The molecule has 1 atom stereocenters.